The molecule has 0 saturated carbocycles. The van der Waals surface area contributed by atoms with E-state index in [9.17, 15) is 0 Å². The first kappa shape index (κ1) is 67.2. The Hall–Kier alpha value is -16.7. The van der Waals surface area contributed by atoms with Gasteiger partial charge in [0.15, 0.2) is 5.82 Å². The molecule has 0 radical (unpaired) electrons. The van der Waals surface area contributed by atoms with E-state index in [2.05, 4.69) is 419 Å². The highest BCUT2D eigenvalue weighted by Crippen LogP contribution is 2.52. The van der Waals surface area contributed by atoms with Crippen LogP contribution in [0.1, 0.15) is 0 Å². The molecule has 0 N–H and O–H groups in total. The second-order valence-corrected chi connectivity index (χ2v) is 33.3. The van der Waals surface area contributed by atoms with Gasteiger partial charge in [-0.1, -0.05) is 309 Å². The predicted octanol–water partition coefficient (Wildman–Crippen LogP) is 30.5. The van der Waals surface area contributed by atoms with Crippen LogP contribution < -0.4 is 0 Å². The molecule has 28 aromatic rings. The Morgan fingerprint density at radius 3 is 1.10 bits per heavy atom. The summed E-state index contributed by atoms with van der Waals surface area (Å²) >= 11 is 0. The van der Waals surface area contributed by atoms with E-state index < -0.39 is 0 Å². The lowest BCUT2D eigenvalue weighted by molar-refractivity contribution is 1.02. The van der Waals surface area contributed by atoms with Crippen LogP contribution in [0, 0.1) is 0 Å². The number of hydrogen-bond acceptors (Lipinski definition) is 4. The Morgan fingerprint density at radius 1 is 0.161 bits per heavy atom. The summed E-state index contributed by atoms with van der Waals surface area (Å²) in [6.07, 6.45) is 0. The summed E-state index contributed by atoms with van der Waals surface area (Å²) in [5, 5.41) is 33.5. The summed E-state index contributed by atoms with van der Waals surface area (Å²) in [4.78, 5) is 24.4. The molecule has 0 atom stereocenters. The number of para-hydroxylation sites is 4. The minimum atomic E-state index is 0.595. The number of rotatable bonds is 7. The van der Waals surface area contributed by atoms with E-state index in [-0.39, 0.29) is 0 Å². The SMILES string of the molecule is c1ccc(-n2c3ccccc3c3ccc(-c4nc5c(-c6ccc7c(c6)c6ccccc6c6ccc8c(c67)c6c7ccccc7ccc6n8-c6nc(-c7ccc8c9ccccc9n(-c9ccccc9)c8c7)c7ccc8ccccc8c7n6)cc6ccccc6c5nc4-n4c5ccc6ccccc6c5c5c6c7ccccc7c7ccccc7c6ccc54)cc32)cc1. The van der Waals surface area contributed by atoms with Crippen LogP contribution >= 0.6 is 0 Å². The molecule has 0 aliphatic rings. The predicted molar refractivity (Wildman–Crippen MR) is 521 cm³/mol. The van der Waals surface area contributed by atoms with Crippen molar-refractivity contribution in [2.45, 2.75) is 0 Å². The third-order valence-corrected chi connectivity index (χ3v) is 27.0. The van der Waals surface area contributed by atoms with Gasteiger partial charge in [0.25, 0.3) is 0 Å². The first-order valence-corrected chi connectivity index (χ1v) is 42.6. The zero-order valence-corrected chi connectivity index (χ0v) is 66.7. The fourth-order valence-corrected chi connectivity index (χ4v) is 21.7. The van der Waals surface area contributed by atoms with Crippen LogP contribution in [0.25, 0.3) is 274 Å². The van der Waals surface area contributed by atoms with Gasteiger partial charge >= 0.3 is 0 Å². The van der Waals surface area contributed by atoms with Crippen molar-refractivity contribution < 1.29 is 0 Å². The van der Waals surface area contributed by atoms with Crippen LogP contribution in [0.3, 0.4) is 0 Å². The summed E-state index contributed by atoms with van der Waals surface area (Å²) in [6.45, 7) is 0. The quantitative estimate of drug-likeness (QED) is 0.149. The first-order chi connectivity index (χ1) is 61.5. The summed E-state index contributed by atoms with van der Waals surface area (Å²) < 4.78 is 9.62. The van der Waals surface area contributed by atoms with Crippen molar-refractivity contribution in [2.24, 2.45) is 0 Å². The van der Waals surface area contributed by atoms with E-state index in [1.807, 2.05) is 0 Å². The molecule has 0 bridgehead atoms. The number of aromatic nitrogens is 8. The average Bonchev–Trinajstić information content (AvgIpc) is 1.52. The van der Waals surface area contributed by atoms with Crippen molar-refractivity contribution in [3.8, 4) is 56.8 Å². The van der Waals surface area contributed by atoms with E-state index >= 15 is 0 Å². The number of nitrogens with zero attached hydrogens (tertiary/aromatic N) is 8. The molecule has 0 amide bonds. The second kappa shape index (κ2) is 25.4. The molecule has 28 rings (SSSR count). The van der Waals surface area contributed by atoms with Crippen molar-refractivity contribution in [1.82, 2.24) is 38.2 Å². The zero-order chi connectivity index (χ0) is 80.7. The molecule has 0 spiro atoms. The lowest BCUT2D eigenvalue weighted by Gasteiger charge is -2.18. The van der Waals surface area contributed by atoms with Crippen molar-refractivity contribution in [3.63, 3.8) is 0 Å². The third kappa shape index (κ3) is 9.34. The molecule has 6 heterocycles. The van der Waals surface area contributed by atoms with Gasteiger partial charge in [0.2, 0.25) is 5.95 Å². The Labute approximate surface area is 707 Å². The molecule has 0 fully saturated rings. The molecule has 0 aliphatic heterocycles. The first-order valence-electron chi connectivity index (χ1n) is 42.6. The zero-order valence-electron chi connectivity index (χ0n) is 66.7. The maximum Gasteiger partial charge on any atom is 0.235 e. The Bertz CT molecular complexity index is 9610. The smallest absolute Gasteiger partial charge is 0.235 e. The van der Waals surface area contributed by atoms with Gasteiger partial charge in [0.05, 0.1) is 66.4 Å². The number of benzene rings is 22. The van der Waals surface area contributed by atoms with Gasteiger partial charge in [-0.2, -0.15) is 0 Å². The van der Waals surface area contributed by atoms with E-state index in [0.717, 1.165) is 192 Å². The van der Waals surface area contributed by atoms with Crippen LogP contribution in [0.2, 0.25) is 0 Å². The van der Waals surface area contributed by atoms with E-state index in [4.69, 9.17) is 19.9 Å². The summed E-state index contributed by atoms with van der Waals surface area (Å²) in [6, 6.07) is 148. The normalized spacial score (nSPS) is 12.4. The summed E-state index contributed by atoms with van der Waals surface area (Å²) in [5.41, 5.74) is 18.9. The highest BCUT2D eigenvalue weighted by molar-refractivity contribution is 6.40. The van der Waals surface area contributed by atoms with Crippen molar-refractivity contribution >= 4 is 217 Å². The lowest BCUT2D eigenvalue weighted by Crippen LogP contribution is -2.05. The summed E-state index contributed by atoms with van der Waals surface area (Å²) in [5.74, 6) is 1.34. The lowest BCUT2D eigenvalue weighted by atomic mass is 9.89. The monoisotopic (exact) mass is 1570 g/mol. The Kier molecular flexibility index (Phi) is 13.8. The van der Waals surface area contributed by atoms with Gasteiger partial charge in [-0.3, -0.25) is 9.13 Å². The van der Waals surface area contributed by atoms with Crippen LogP contribution in [0.15, 0.2) is 400 Å². The molecule has 8 nitrogen and oxygen atoms in total. The van der Waals surface area contributed by atoms with Crippen molar-refractivity contribution in [1.29, 1.82) is 0 Å². The van der Waals surface area contributed by atoms with E-state index in [1.165, 1.54) is 75.4 Å². The molecule has 6 aromatic heterocycles. The minimum Gasteiger partial charge on any atom is -0.309 e. The van der Waals surface area contributed by atoms with Gasteiger partial charge in [0, 0.05) is 98.1 Å². The average molecular weight is 1570 g/mol. The van der Waals surface area contributed by atoms with Gasteiger partial charge < -0.3 is 9.13 Å². The minimum absolute atomic E-state index is 0.595. The second-order valence-electron chi connectivity index (χ2n) is 33.3. The van der Waals surface area contributed by atoms with Gasteiger partial charge in [-0.25, -0.2) is 19.9 Å². The largest absolute Gasteiger partial charge is 0.309 e. The number of hydrogen-bond donors (Lipinski definition) is 0. The highest BCUT2D eigenvalue weighted by Gasteiger charge is 2.30. The Balaban J connectivity index is 0.724. The van der Waals surface area contributed by atoms with Gasteiger partial charge in [0.1, 0.15) is 5.69 Å². The molecule has 124 heavy (non-hydrogen) atoms. The molecule has 8 heteroatoms. The molecular weight excluding hydrogens is 1510 g/mol. The fraction of sp³-hybridized carbons (Fsp3) is 0. The van der Waals surface area contributed by atoms with Crippen LogP contribution in [-0.4, -0.2) is 38.2 Å². The van der Waals surface area contributed by atoms with E-state index in [1.54, 1.807) is 0 Å². The topological polar surface area (TPSA) is 71.3 Å². The van der Waals surface area contributed by atoms with Gasteiger partial charge in [-0.15, -0.1) is 0 Å². The molecule has 570 valence electrons. The maximum absolute atomic E-state index is 6.34. The van der Waals surface area contributed by atoms with E-state index in [0.29, 0.717) is 5.95 Å². The van der Waals surface area contributed by atoms with Gasteiger partial charge in [-0.05, 0) is 183 Å². The van der Waals surface area contributed by atoms with Crippen LogP contribution in [0.4, 0.5) is 0 Å². The highest BCUT2D eigenvalue weighted by atomic mass is 15.2. The molecular formula is C116H66N8. The molecule has 0 saturated heterocycles. The number of fused-ring (bicyclic) bond motifs is 36. The molecule has 0 aliphatic carbocycles. The molecule has 0 unspecified atom stereocenters. The van der Waals surface area contributed by atoms with Crippen molar-refractivity contribution in [2.75, 3.05) is 0 Å². The standard InChI is InChI=1S/C116H66N8/c1-3-29-74(30-4-1)121-96-45-23-21-42-85(96)87-53-49-72(65-102(87)121)110-93-56-47-69-27-9-13-35-78(69)112(93)120-116(119-110)124-99-60-52-68-26-8-12-34-77(68)107(99)109-101(124)62-58-91-83-40-17-18-41-84(83)95-64-71(48-55-92(95)105(91)109)94-63-70-28-10-14-36-79(70)113-114(94)117-111(73-50-54-88-86-43-22-24-46-97(86)122(103(88)66-73)75-31-5-2-6-32-75)115(118-113)123-98-59-51-67-25-7-11-33-76(67)106(98)108-100(123)61-57-90-82-39-16-15-37-80(82)81-38-19-20-44-89(81)104(90)108/h1-66H. The van der Waals surface area contributed by atoms with Crippen LogP contribution in [0.5, 0.6) is 0 Å². The molecule has 22 aromatic carbocycles. The Morgan fingerprint density at radius 2 is 0.532 bits per heavy atom. The van der Waals surface area contributed by atoms with Crippen molar-refractivity contribution in [3.05, 3.63) is 400 Å². The maximum atomic E-state index is 6.34. The van der Waals surface area contributed by atoms with Crippen LogP contribution in [-0.2, 0) is 0 Å². The fourth-order valence-electron chi connectivity index (χ4n) is 21.7. The third-order valence-electron chi connectivity index (χ3n) is 27.0. The summed E-state index contributed by atoms with van der Waals surface area (Å²) in [7, 11) is 0.